The second-order valence-electron chi connectivity index (χ2n) is 5.72. The number of halogens is 1. The number of ether oxygens (including phenoxy) is 3. The van der Waals surface area contributed by atoms with Gasteiger partial charge in [0, 0.05) is 26.9 Å². The van der Waals surface area contributed by atoms with Gasteiger partial charge >= 0.3 is 0 Å². The van der Waals surface area contributed by atoms with Gasteiger partial charge in [-0.3, -0.25) is 4.79 Å². The Morgan fingerprint density at radius 3 is 2.54 bits per heavy atom. The van der Waals surface area contributed by atoms with Crippen molar-refractivity contribution < 1.29 is 19.0 Å². The summed E-state index contributed by atoms with van der Waals surface area (Å²) >= 11 is 0. The molecule has 1 saturated heterocycles. The molecule has 1 fully saturated rings. The van der Waals surface area contributed by atoms with Crippen LogP contribution in [0.5, 0.6) is 0 Å². The van der Waals surface area contributed by atoms with E-state index in [0.717, 1.165) is 37.2 Å². The van der Waals surface area contributed by atoms with Crippen LogP contribution in [0.4, 0.5) is 0 Å². The molecule has 6 nitrogen and oxygen atoms in total. The third kappa shape index (κ3) is 7.15. The summed E-state index contributed by atoms with van der Waals surface area (Å²) in [6.45, 7) is 2.85. The number of carbonyl (C=O) groups excluding carboxylic acids is 1. The number of nitrogens with two attached hydrogens (primary N) is 1. The van der Waals surface area contributed by atoms with E-state index in [1.54, 1.807) is 0 Å². The first-order valence-electron chi connectivity index (χ1n) is 7.98. The molecule has 2 rings (SSSR count). The second kappa shape index (κ2) is 11.4. The minimum Gasteiger partial charge on any atom is -0.383 e. The molecular weight excluding hydrogens is 332 g/mol. The van der Waals surface area contributed by atoms with Crippen LogP contribution in [-0.4, -0.2) is 45.0 Å². The molecule has 1 amide bonds. The Labute approximate surface area is 149 Å². The minimum absolute atomic E-state index is 0. The molecule has 0 aromatic heterocycles. The minimum atomic E-state index is -0.632. The molecule has 7 heteroatoms. The molecule has 1 aromatic carbocycles. The van der Waals surface area contributed by atoms with Gasteiger partial charge in [0.05, 0.1) is 19.3 Å². The van der Waals surface area contributed by atoms with E-state index in [9.17, 15) is 4.79 Å². The van der Waals surface area contributed by atoms with Gasteiger partial charge in [0.2, 0.25) is 5.91 Å². The van der Waals surface area contributed by atoms with Crippen molar-refractivity contribution in [2.45, 2.75) is 38.1 Å². The fourth-order valence-corrected chi connectivity index (χ4v) is 2.39. The molecule has 1 heterocycles. The number of amides is 1. The van der Waals surface area contributed by atoms with Crippen LogP contribution in [0.2, 0.25) is 0 Å². The number of benzene rings is 1. The predicted octanol–water partition coefficient (Wildman–Crippen LogP) is 1.39. The number of hydrogen-bond acceptors (Lipinski definition) is 5. The fraction of sp³-hybridized carbons (Fsp3) is 0.588. The molecule has 0 radical (unpaired) electrons. The third-order valence-corrected chi connectivity index (χ3v) is 3.83. The molecule has 1 aromatic rings. The maximum absolute atomic E-state index is 11.7. The molecule has 3 N–H and O–H groups in total. The summed E-state index contributed by atoms with van der Waals surface area (Å²) in [5, 5.41) is 2.80. The number of carbonyl (C=O) groups is 1. The van der Waals surface area contributed by atoms with Gasteiger partial charge in [-0.2, -0.15) is 0 Å². The van der Waals surface area contributed by atoms with Crippen molar-refractivity contribution in [3.05, 3.63) is 35.4 Å². The van der Waals surface area contributed by atoms with Gasteiger partial charge in [0.15, 0.2) is 0 Å². The Bertz CT molecular complexity index is 478. The maximum Gasteiger partial charge on any atom is 0.239 e. The van der Waals surface area contributed by atoms with Gasteiger partial charge in [-0.25, -0.2) is 0 Å². The summed E-state index contributed by atoms with van der Waals surface area (Å²) in [5.41, 5.74) is 7.82. The third-order valence-electron chi connectivity index (χ3n) is 3.83. The molecule has 1 aliphatic heterocycles. The van der Waals surface area contributed by atoms with Gasteiger partial charge in [0.1, 0.15) is 6.04 Å². The van der Waals surface area contributed by atoms with E-state index >= 15 is 0 Å². The van der Waals surface area contributed by atoms with Gasteiger partial charge in [0.25, 0.3) is 0 Å². The topological polar surface area (TPSA) is 82.8 Å². The zero-order chi connectivity index (χ0) is 16.5. The van der Waals surface area contributed by atoms with Gasteiger partial charge in [-0.15, -0.1) is 12.4 Å². The standard InChI is InChI=1S/C17H26N2O4.ClH/c1-21-12-16(18)17(20)19-10-13-2-4-14(5-3-13)11-23-15-6-8-22-9-7-15;/h2-5,15-16H,6-12,18H2,1H3,(H,19,20);1H. The van der Waals surface area contributed by atoms with Gasteiger partial charge in [-0.05, 0) is 24.0 Å². The van der Waals surface area contributed by atoms with E-state index < -0.39 is 6.04 Å². The van der Waals surface area contributed by atoms with Gasteiger partial charge < -0.3 is 25.3 Å². The van der Waals surface area contributed by atoms with E-state index in [1.807, 2.05) is 24.3 Å². The zero-order valence-corrected chi connectivity index (χ0v) is 14.8. The molecule has 24 heavy (non-hydrogen) atoms. The normalized spacial score (nSPS) is 16.2. The van der Waals surface area contributed by atoms with Crippen LogP contribution in [0, 0.1) is 0 Å². The van der Waals surface area contributed by atoms with E-state index in [-0.39, 0.29) is 24.9 Å². The van der Waals surface area contributed by atoms with Crippen molar-refractivity contribution in [1.29, 1.82) is 0 Å². The van der Waals surface area contributed by atoms with Crippen molar-refractivity contribution in [3.63, 3.8) is 0 Å². The quantitative estimate of drug-likeness (QED) is 0.733. The summed E-state index contributed by atoms with van der Waals surface area (Å²) in [5.74, 6) is -0.209. The smallest absolute Gasteiger partial charge is 0.239 e. The lowest BCUT2D eigenvalue weighted by Gasteiger charge is -2.22. The van der Waals surface area contributed by atoms with E-state index in [2.05, 4.69) is 5.32 Å². The van der Waals surface area contributed by atoms with E-state index in [4.69, 9.17) is 19.9 Å². The summed E-state index contributed by atoms with van der Waals surface area (Å²) < 4.78 is 16.1. The SMILES string of the molecule is COCC(N)C(=O)NCc1ccc(COC2CCOCC2)cc1.Cl. The number of methoxy groups -OCH3 is 1. The summed E-state index contributed by atoms with van der Waals surface area (Å²) in [4.78, 5) is 11.7. The highest BCUT2D eigenvalue weighted by Crippen LogP contribution is 2.14. The van der Waals surface area contributed by atoms with Crippen molar-refractivity contribution in [2.24, 2.45) is 5.73 Å². The maximum atomic E-state index is 11.7. The van der Waals surface area contributed by atoms with E-state index in [1.165, 1.54) is 7.11 Å². The summed E-state index contributed by atoms with van der Waals surface area (Å²) in [6.07, 6.45) is 2.22. The molecule has 0 saturated carbocycles. The summed E-state index contributed by atoms with van der Waals surface area (Å²) in [6, 6.07) is 7.40. The molecular formula is C17H27ClN2O4. The Kier molecular flexibility index (Phi) is 9.90. The van der Waals surface area contributed by atoms with Crippen molar-refractivity contribution in [3.8, 4) is 0 Å². The highest BCUT2D eigenvalue weighted by atomic mass is 35.5. The van der Waals surface area contributed by atoms with Crippen molar-refractivity contribution >= 4 is 18.3 Å². The van der Waals surface area contributed by atoms with Crippen LogP contribution in [0.1, 0.15) is 24.0 Å². The lowest BCUT2D eigenvalue weighted by Crippen LogP contribution is -2.43. The molecule has 0 spiro atoms. The van der Waals surface area contributed by atoms with Crippen LogP contribution < -0.4 is 11.1 Å². The summed E-state index contributed by atoms with van der Waals surface area (Å²) in [7, 11) is 1.52. The number of hydrogen-bond donors (Lipinski definition) is 2. The highest BCUT2D eigenvalue weighted by molar-refractivity contribution is 5.85. The monoisotopic (exact) mass is 358 g/mol. The van der Waals surface area contributed by atoms with Crippen LogP contribution in [0.15, 0.2) is 24.3 Å². The average Bonchev–Trinajstić information content (AvgIpc) is 2.60. The van der Waals surface area contributed by atoms with Crippen molar-refractivity contribution in [2.75, 3.05) is 26.9 Å². The lowest BCUT2D eigenvalue weighted by molar-refractivity contribution is -0.123. The predicted molar refractivity (Wildman–Crippen MR) is 94.0 cm³/mol. The molecule has 0 aliphatic carbocycles. The Morgan fingerprint density at radius 1 is 1.29 bits per heavy atom. The highest BCUT2D eigenvalue weighted by Gasteiger charge is 2.14. The second-order valence-corrected chi connectivity index (χ2v) is 5.72. The molecule has 136 valence electrons. The number of rotatable bonds is 8. The molecule has 0 bridgehead atoms. The largest absolute Gasteiger partial charge is 0.383 e. The van der Waals surface area contributed by atoms with Crippen molar-refractivity contribution in [1.82, 2.24) is 5.32 Å². The first-order valence-corrected chi connectivity index (χ1v) is 7.98. The van der Waals surface area contributed by atoms with E-state index in [0.29, 0.717) is 19.3 Å². The lowest BCUT2D eigenvalue weighted by atomic mass is 10.1. The van der Waals surface area contributed by atoms with Crippen LogP contribution in [-0.2, 0) is 32.2 Å². The molecule has 1 unspecified atom stereocenters. The average molecular weight is 359 g/mol. The Hall–Kier alpha value is -1.18. The fourth-order valence-electron chi connectivity index (χ4n) is 2.39. The Morgan fingerprint density at radius 2 is 1.92 bits per heavy atom. The van der Waals surface area contributed by atoms with Crippen LogP contribution in [0.25, 0.3) is 0 Å². The Balaban J connectivity index is 0.00000288. The van der Waals surface area contributed by atoms with Gasteiger partial charge in [-0.1, -0.05) is 24.3 Å². The first kappa shape index (κ1) is 20.9. The first-order chi connectivity index (χ1) is 11.2. The van der Waals surface area contributed by atoms with Crippen LogP contribution in [0.3, 0.4) is 0 Å². The van der Waals surface area contributed by atoms with Crippen LogP contribution >= 0.6 is 12.4 Å². The molecule has 1 atom stereocenters. The zero-order valence-electron chi connectivity index (χ0n) is 14.0. The number of nitrogens with one attached hydrogen (secondary N) is 1. The molecule has 1 aliphatic rings.